The summed E-state index contributed by atoms with van der Waals surface area (Å²) in [5, 5.41) is 5.78. The molecule has 38 heavy (non-hydrogen) atoms. The van der Waals surface area contributed by atoms with Crippen molar-refractivity contribution in [1.29, 1.82) is 0 Å². The van der Waals surface area contributed by atoms with Crippen LogP contribution in [0, 0.1) is 6.92 Å². The van der Waals surface area contributed by atoms with Gasteiger partial charge in [-0.15, -0.1) is 0 Å². The average Bonchev–Trinajstić information content (AvgIpc) is 2.94. The van der Waals surface area contributed by atoms with Gasteiger partial charge in [-0.25, -0.2) is 4.98 Å². The van der Waals surface area contributed by atoms with Gasteiger partial charge in [0.05, 0.1) is 24.1 Å². The molecule has 2 heterocycles. The lowest BCUT2D eigenvalue weighted by atomic mass is 10.1. The highest BCUT2D eigenvalue weighted by Crippen LogP contribution is 2.28. The number of aryl methyl sites for hydroxylation is 1. The lowest BCUT2D eigenvalue weighted by Gasteiger charge is -2.28. The number of hydrogen-bond donors (Lipinski definition) is 2. The van der Waals surface area contributed by atoms with Gasteiger partial charge in [-0.1, -0.05) is 29.8 Å². The Hall–Kier alpha value is -3.80. The fourth-order valence-electron chi connectivity index (χ4n) is 3.93. The van der Waals surface area contributed by atoms with Crippen LogP contribution in [0.1, 0.15) is 38.3 Å². The van der Waals surface area contributed by atoms with Crippen molar-refractivity contribution in [3.63, 3.8) is 0 Å². The van der Waals surface area contributed by atoms with Crippen molar-refractivity contribution in [3.05, 3.63) is 88.1 Å². The highest BCUT2D eigenvalue weighted by Gasteiger charge is 2.35. The van der Waals surface area contributed by atoms with Crippen molar-refractivity contribution in [2.75, 3.05) is 23.5 Å². The minimum atomic E-state index is -3.73. The number of carbonyl (C=O) groups is 3. The Balaban J connectivity index is 1.56. The van der Waals surface area contributed by atoms with Crippen LogP contribution >= 0.6 is 11.6 Å². The van der Waals surface area contributed by atoms with Gasteiger partial charge in [0.25, 0.3) is 21.9 Å². The molecule has 1 unspecified atom stereocenters. The van der Waals surface area contributed by atoms with Crippen molar-refractivity contribution >= 4 is 50.9 Å². The molecule has 10 nitrogen and oxygen atoms in total. The van der Waals surface area contributed by atoms with Crippen molar-refractivity contribution in [3.8, 4) is 0 Å². The van der Waals surface area contributed by atoms with Gasteiger partial charge in [-0.05, 0) is 54.4 Å². The first-order valence-corrected chi connectivity index (χ1v) is 13.8. The molecule has 0 saturated heterocycles. The molecule has 12 heteroatoms. The lowest BCUT2D eigenvalue weighted by Crippen LogP contribution is -2.45. The summed E-state index contributed by atoms with van der Waals surface area (Å²) in [6.07, 6.45) is 2.50. The number of nitrogens with zero attached hydrogens (tertiary/aromatic N) is 2. The molecule has 4 rings (SSSR count). The summed E-state index contributed by atoms with van der Waals surface area (Å²) in [6, 6.07) is 13.7. The number of fused-ring (bicyclic) bond motifs is 1. The third kappa shape index (κ3) is 6.74. The van der Waals surface area contributed by atoms with E-state index in [1.54, 1.807) is 42.6 Å². The van der Waals surface area contributed by atoms with E-state index < -0.39 is 28.0 Å². The fourth-order valence-corrected chi connectivity index (χ4v) is 4.50. The van der Waals surface area contributed by atoms with E-state index in [2.05, 4.69) is 15.6 Å². The van der Waals surface area contributed by atoms with E-state index in [1.807, 2.05) is 13.0 Å². The van der Waals surface area contributed by atoms with Gasteiger partial charge in [-0.2, -0.15) is 8.42 Å². The number of anilines is 2. The third-order valence-corrected chi connectivity index (χ3v) is 6.65. The zero-order chi connectivity index (χ0) is 27.4. The van der Waals surface area contributed by atoms with E-state index in [0.717, 1.165) is 11.8 Å². The van der Waals surface area contributed by atoms with Gasteiger partial charge in [0, 0.05) is 29.7 Å². The van der Waals surface area contributed by atoms with Crippen LogP contribution in [0.25, 0.3) is 0 Å². The van der Waals surface area contributed by atoms with E-state index in [0.29, 0.717) is 22.0 Å². The number of hydrogen-bond acceptors (Lipinski definition) is 7. The van der Waals surface area contributed by atoms with E-state index in [9.17, 15) is 22.8 Å². The second-order valence-corrected chi connectivity index (χ2v) is 10.9. The number of rotatable bonds is 8. The highest BCUT2D eigenvalue weighted by atomic mass is 35.5. The van der Waals surface area contributed by atoms with Crippen LogP contribution in [0.5, 0.6) is 0 Å². The standard InChI is InChI=1S/C26H25ClN4O6S/c1-16-3-10-23(28-14-16)30-24(32)18-6-4-17(5-7-18)15-31-22(11-12-37-38(2,35)36)25(33)29-21-13-19(27)8-9-20(21)26(31)34/h3-10,13-14,22H,11-12,15H2,1-2H3,(H,29,33)(H,28,30,32). The van der Waals surface area contributed by atoms with Crippen LogP contribution in [-0.4, -0.2) is 54.9 Å². The predicted octanol–water partition coefficient (Wildman–Crippen LogP) is 3.63. The van der Waals surface area contributed by atoms with Gasteiger partial charge < -0.3 is 15.5 Å². The SMILES string of the molecule is Cc1ccc(NC(=O)c2ccc(CN3C(=O)c4ccc(Cl)cc4NC(=O)C3CCOS(C)(=O)=O)cc2)nc1. The molecule has 2 N–H and O–H groups in total. The van der Waals surface area contributed by atoms with Gasteiger partial charge in [0.1, 0.15) is 11.9 Å². The molecule has 1 aromatic heterocycles. The van der Waals surface area contributed by atoms with Gasteiger partial charge in [0.15, 0.2) is 0 Å². The van der Waals surface area contributed by atoms with Crippen molar-refractivity contribution in [2.24, 2.45) is 0 Å². The molecule has 0 spiro atoms. The second kappa shape index (κ2) is 11.3. The maximum absolute atomic E-state index is 13.5. The molecule has 1 aliphatic heterocycles. The first-order chi connectivity index (χ1) is 18.0. The Morgan fingerprint density at radius 2 is 1.87 bits per heavy atom. The molecular formula is C26H25ClN4O6S. The zero-order valence-corrected chi connectivity index (χ0v) is 22.2. The topological polar surface area (TPSA) is 135 Å². The summed E-state index contributed by atoms with van der Waals surface area (Å²) in [5.74, 6) is -0.867. The summed E-state index contributed by atoms with van der Waals surface area (Å²) in [5.41, 5.74) is 2.52. The molecule has 0 radical (unpaired) electrons. The number of pyridine rings is 1. The maximum Gasteiger partial charge on any atom is 0.264 e. The Kier molecular flexibility index (Phi) is 8.10. The van der Waals surface area contributed by atoms with E-state index >= 15 is 0 Å². The number of nitrogens with one attached hydrogen (secondary N) is 2. The van der Waals surface area contributed by atoms with Gasteiger partial charge in [-0.3, -0.25) is 18.6 Å². The maximum atomic E-state index is 13.5. The molecule has 0 fully saturated rings. The number of amides is 3. The molecule has 1 atom stereocenters. The molecule has 3 amide bonds. The molecular weight excluding hydrogens is 532 g/mol. The molecule has 0 bridgehead atoms. The summed E-state index contributed by atoms with van der Waals surface area (Å²) in [7, 11) is -3.73. The van der Waals surface area contributed by atoms with E-state index in [4.69, 9.17) is 15.8 Å². The lowest BCUT2D eigenvalue weighted by molar-refractivity contribution is -0.121. The number of benzene rings is 2. The van der Waals surface area contributed by atoms with Crippen molar-refractivity contribution in [1.82, 2.24) is 9.88 Å². The monoisotopic (exact) mass is 556 g/mol. The summed E-state index contributed by atoms with van der Waals surface area (Å²) >= 11 is 6.06. The number of carbonyl (C=O) groups excluding carboxylic acids is 3. The summed E-state index contributed by atoms with van der Waals surface area (Å²) < 4.78 is 27.7. The normalized spacial score (nSPS) is 15.4. The molecule has 1 aliphatic rings. The van der Waals surface area contributed by atoms with Crippen LogP contribution in [-0.2, 0) is 25.6 Å². The smallest absolute Gasteiger partial charge is 0.264 e. The van der Waals surface area contributed by atoms with Crippen LogP contribution in [0.2, 0.25) is 5.02 Å². The van der Waals surface area contributed by atoms with Crippen molar-refractivity contribution in [2.45, 2.75) is 25.9 Å². The second-order valence-electron chi connectivity index (χ2n) is 8.81. The molecule has 0 saturated carbocycles. The van der Waals surface area contributed by atoms with Crippen LogP contribution < -0.4 is 10.6 Å². The first kappa shape index (κ1) is 27.2. The quantitative estimate of drug-likeness (QED) is 0.404. The Morgan fingerprint density at radius 3 is 2.53 bits per heavy atom. The Bertz CT molecular complexity index is 1480. The van der Waals surface area contributed by atoms with Crippen LogP contribution in [0.3, 0.4) is 0 Å². The van der Waals surface area contributed by atoms with Crippen molar-refractivity contribution < 1.29 is 27.0 Å². The summed E-state index contributed by atoms with van der Waals surface area (Å²) in [4.78, 5) is 44.8. The highest BCUT2D eigenvalue weighted by molar-refractivity contribution is 7.85. The third-order valence-electron chi connectivity index (χ3n) is 5.82. The zero-order valence-electron chi connectivity index (χ0n) is 20.6. The first-order valence-electron chi connectivity index (χ1n) is 11.6. The van der Waals surface area contributed by atoms with Crippen LogP contribution in [0.4, 0.5) is 11.5 Å². The van der Waals surface area contributed by atoms with E-state index in [1.165, 1.54) is 17.0 Å². The van der Waals surface area contributed by atoms with Crippen LogP contribution in [0.15, 0.2) is 60.8 Å². The Labute approximate surface area is 225 Å². The minimum Gasteiger partial charge on any atom is -0.323 e. The molecule has 0 aliphatic carbocycles. The largest absolute Gasteiger partial charge is 0.323 e. The number of halogens is 1. The molecule has 198 valence electrons. The molecule has 2 aromatic carbocycles. The Morgan fingerprint density at radius 1 is 1.13 bits per heavy atom. The fraction of sp³-hybridized carbons (Fsp3) is 0.231. The minimum absolute atomic E-state index is 0.0271. The van der Waals surface area contributed by atoms with Gasteiger partial charge in [0.2, 0.25) is 5.91 Å². The summed E-state index contributed by atoms with van der Waals surface area (Å²) in [6.45, 7) is 1.64. The predicted molar refractivity (Wildman–Crippen MR) is 143 cm³/mol. The molecule has 3 aromatic rings. The van der Waals surface area contributed by atoms with Gasteiger partial charge >= 0.3 is 0 Å². The average molecular weight is 557 g/mol. The number of aromatic nitrogens is 1. The van der Waals surface area contributed by atoms with E-state index in [-0.39, 0.29) is 36.7 Å².